The van der Waals surface area contributed by atoms with E-state index >= 15 is 0 Å². The molecule has 0 saturated carbocycles. The van der Waals surface area contributed by atoms with Crippen LogP contribution < -0.4 is 9.64 Å². The molecule has 0 amide bonds. The van der Waals surface area contributed by atoms with E-state index in [0.717, 1.165) is 49.1 Å². The van der Waals surface area contributed by atoms with Crippen LogP contribution in [0.2, 0.25) is 0 Å². The fourth-order valence-electron chi connectivity index (χ4n) is 5.22. The average Bonchev–Trinajstić information content (AvgIpc) is 3.39. The van der Waals surface area contributed by atoms with Gasteiger partial charge in [-0.05, 0) is 61.6 Å². The molecule has 2 unspecified atom stereocenters. The van der Waals surface area contributed by atoms with E-state index in [1.165, 1.54) is 29.0 Å². The third kappa shape index (κ3) is 6.17. The number of nitrogens with zero attached hydrogens (tertiary/aromatic N) is 3. The molecule has 2 aliphatic heterocycles. The van der Waals surface area contributed by atoms with Crippen LogP contribution in [-0.2, 0) is 22.7 Å². The van der Waals surface area contributed by atoms with Crippen molar-refractivity contribution in [2.45, 2.75) is 45.9 Å². The maximum Gasteiger partial charge on any atom is 0.306 e. The second-order valence-electron chi connectivity index (χ2n) is 10.2. The highest BCUT2D eigenvalue weighted by Gasteiger charge is 2.31. The number of rotatable bonds is 8. The van der Waals surface area contributed by atoms with Crippen LogP contribution in [0.4, 0.5) is 9.52 Å². The highest BCUT2D eigenvalue weighted by Crippen LogP contribution is 2.37. The molecule has 9 heteroatoms. The predicted octanol–water partition coefficient (Wildman–Crippen LogP) is 5.36. The number of aryl methyl sites for hydroxylation is 1. The summed E-state index contributed by atoms with van der Waals surface area (Å²) >= 11 is 1.49. The number of carbonyl (C=O) groups is 1. The van der Waals surface area contributed by atoms with Crippen molar-refractivity contribution in [1.82, 2.24) is 9.88 Å². The minimum atomic E-state index is -0.736. The number of piperidine rings is 1. The zero-order valence-corrected chi connectivity index (χ0v) is 22.7. The molecule has 7 nitrogen and oxygen atoms in total. The lowest BCUT2D eigenvalue weighted by Gasteiger charge is -2.36. The number of anilines is 1. The van der Waals surface area contributed by atoms with Gasteiger partial charge in [0.2, 0.25) is 0 Å². The molecule has 3 aromatic rings. The van der Waals surface area contributed by atoms with Crippen molar-refractivity contribution >= 4 is 22.4 Å². The maximum absolute atomic E-state index is 14.3. The molecule has 2 aliphatic rings. The molecule has 2 atom stereocenters. The maximum atomic E-state index is 14.3. The van der Waals surface area contributed by atoms with Crippen molar-refractivity contribution in [3.05, 3.63) is 64.3 Å². The van der Waals surface area contributed by atoms with Gasteiger partial charge in [0.05, 0.1) is 24.8 Å². The number of aromatic nitrogens is 1. The largest absolute Gasteiger partial charge is 0.488 e. The fourth-order valence-corrected chi connectivity index (χ4v) is 6.17. The summed E-state index contributed by atoms with van der Waals surface area (Å²) in [6.45, 7) is 9.52. The third-order valence-electron chi connectivity index (χ3n) is 7.48. The molecule has 0 radical (unpaired) electrons. The minimum absolute atomic E-state index is 0.0706. The van der Waals surface area contributed by atoms with E-state index in [1.54, 1.807) is 6.07 Å². The number of hydrogen-bond acceptors (Lipinski definition) is 7. The smallest absolute Gasteiger partial charge is 0.306 e. The second kappa shape index (κ2) is 11.8. The topological polar surface area (TPSA) is 75.1 Å². The number of benzene rings is 2. The van der Waals surface area contributed by atoms with E-state index in [-0.39, 0.29) is 17.8 Å². The van der Waals surface area contributed by atoms with Crippen molar-refractivity contribution < 1.29 is 23.8 Å². The van der Waals surface area contributed by atoms with Gasteiger partial charge in [-0.25, -0.2) is 9.37 Å². The van der Waals surface area contributed by atoms with Crippen LogP contribution in [0.1, 0.15) is 36.5 Å². The quantitative estimate of drug-likeness (QED) is 0.413. The van der Waals surface area contributed by atoms with Gasteiger partial charge in [-0.3, -0.25) is 9.69 Å². The van der Waals surface area contributed by atoms with E-state index in [1.807, 2.05) is 12.3 Å². The Morgan fingerprint density at radius 3 is 2.76 bits per heavy atom. The van der Waals surface area contributed by atoms with E-state index in [0.29, 0.717) is 43.0 Å². The van der Waals surface area contributed by atoms with Gasteiger partial charge in [-0.2, -0.15) is 0 Å². The first-order valence-corrected chi connectivity index (χ1v) is 14.0. The second-order valence-corrected chi connectivity index (χ2v) is 11.0. The van der Waals surface area contributed by atoms with Crippen molar-refractivity contribution in [1.29, 1.82) is 0 Å². The van der Waals surface area contributed by atoms with Gasteiger partial charge in [0.15, 0.2) is 5.13 Å². The standard InChI is InChI=1S/C29H34FN3O4S/c1-19-13-21(16-32-9-11-36-12-10-32)3-4-23(19)17-37-27-6-5-24(30)15-25(27)26-18-38-29(31-26)33-8-7-22(28(34)35)14-20(33)2/h3-6,13,15,18,20,22H,7-12,14,16-17H2,1-2H3,(H,34,35). The molecular formula is C29H34FN3O4S. The lowest BCUT2D eigenvalue weighted by molar-refractivity contribution is -0.142. The molecule has 1 aromatic heterocycles. The van der Waals surface area contributed by atoms with Crippen LogP contribution in [-0.4, -0.2) is 59.8 Å². The lowest BCUT2D eigenvalue weighted by Crippen LogP contribution is -2.42. The Morgan fingerprint density at radius 2 is 2.03 bits per heavy atom. The van der Waals surface area contributed by atoms with Gasteiger partial charge in [0.1, 0.15) is 18.2 Å². The zero-order valence-electron chi connectivity index (χ0n) is 21.9. The molecule has 5 rings (SSSR count). The summed E-state index contributed by atoms with van der Waals surface area (Å²) in [5.74, 6) is -0.820. The molecule has 202 valence electrons. The van der Waals surface area contributed by atoms with Gasteiger partial charge < -0.3 is 19.5 Å². The molecule has 2 fully saturated rings. The Labute approximate surface area is 226 Å². The molecule has 0 aliphatic carbocycles. The van der Waals surface area contributed by atoms with E-state index < -0.39 is 5.97 Å². The van der Waals surface area contributed by atoms with E-state index in [9.17, 15) is 14.3 Å². The van der Waals surface area contributed by atoms with Crippen LogP contribution in [0.3, 0.4) is 0 Å². The van der Waals surface area contributed by atoms with Crippen LogP contribution in [0.15, 0.2) is 41.8 Å². The van der Waals surface area contributed by atoms with Crippen molar-refractivity contribution in [2.24, 2.45) is 5.92 Å². The van der Waals surface area contributed by atoms with Crippen molar-refractivity contribution in [2.75, 3.05) is 37.7 Å². The van der Waals surface area contributed by atoms with Crippen LogP contribution in [0.5, 0.6) is 5.75 Å². The molecule has 0 bridgehead atoms. The first-order chi connectivity index (χ1) is 18.4. The number of carboxylic acids is 1. The van der Waals surface area contributed by atoms with Crippen molar-refractivity contribution in [3.63, 3.8) is 0 Å². The highest BCUT2D eigenvalue weighted by atomic mass is 32.1. The molecule has 38 heavy (non-hydrogen) atoms. The normalized spacial score (nSPS) is 20.4. The number of ether oxygens (including phenoxy) is 2. The summed E-state index contributed by atoms with van der Waals surface area (Å²) in [5.41, 5.74) is 4.79. The summed E-state index contributed by atoms with van der Waals surface area (Å²) < 4.78 is 25.9. The van der Waals surface area contributed by atoms with Gasteiger partial charge in [-0.15, -0.1) is 11.3 Å². The molecule has 0 spiro atoms. The van der Waals surface area contributed by atoms with Crippen LogP contribution in [0, 0.1) is 18.7 Å². The van der Waals surface area contributed by atoms with Gasteiger partial charge >= 0.3 is 5.97 Å². The monoisotopic (exact) mass is 539 g/mol. The summed E-state index contributed by atoms with van der Waals surface area (Å²) in [5, 5.41) is 12.1. The molecule has 2 aromatic carbocycles. The number of halogens is 1. The molecule has 2 saturated heterocycles. The Morgan fingerprint density at radius 1 is 1.21 bits per heavy atom. The molecule has 3 heterocycles. The predicted molar refractivity (Wildman–Crippen MR) is 146 cm³/mol. The first kappa shape index (κ1) is 26.6. The Bertz CT molecular complexity index is 1280. The molecule has 1 N–H and O–H groups in total. The summed E-state index contributed by atoms with van der Waals surface area (Å²) in [6, 6.07) is 11.1. The lowest BCUT2D eigenvalue weighted by atomic mass is 9.92. The number of hydrogen-bond donors (Lipinski definition) is 1. The average molecular weight is 540 g/mol. The van der Waals surface area contributed by atoms with Gasteiger partial charge in [0, 0.05) is 43.2 Å². The van der Waals surface area contributed by atoms with Crippen LogP contribution in [0.25, 0.3) is 11.3 Å². The summed E-state index contributed by atoms with van der Waals surface area (Å²) in [7, 11) is 0. The van der Waals surface area contributed by atoms with Crippen LogP contribution >= 0.6 is 11.3 Å². The number of thiazole rings is 1. The number of morpholine rings is 1. The Balaban J connectivity index is 1.28. The Hall–Kier alpha value is -3.01. The number of carboxylic acid groups (broad SMARTS) is 1. The Kier molecular flexibility index (Phi) is 8.26. The fraction of sp³-hybridized carbons (Fsp3) is 0.448. The van der Waals surface area contributed by atoms with Crippen molar-refractivity contribution in [3.8, 4) is 17.0 Å². The molecular weight excluding hydrogens is 505 g/mol. The number of aliphatic carboxylic acids is 1. The summed E-state index contributed by atoms with van der Waals surface area (Å²) in [6.07, 6.45) is 1.18. The van der Waals surface area contributed by atoms with Gasteiger partial charge in [-0.1, -0.05) is 18.2 Å². The van der Waals surface area contributed by atoms with Gasteiger partial charge in [0.25, 0.3) is 0 Å². The third-order valence-corrected chi connectivity index (χ3v) is 8.36. The highest BCUT2D eigenvalue weighted by molar-refractivity contribution is 7.14. The first-order valence-electron chi connectivity index (χ1n) is 13.1. The van der Waals surface area contributed by atoms with E-state index in [4.69, 9.17) is 14.5 Å². The summed E-state index contributed by atoms with van der Waals surface area (Å²) in [4.78, 5) is 20.7. The van der Waals surface area contributed by atoms with E-state index in [2.05, 4.69) is 34.9 Å². The zero-order chi connectivity index (χ0) is 26.6. The SMILES string of the molecule is Cc1cc(CN2CCOCC2)ccc1COc1ccc(F)cc1-c1csc(N2CCC(C(=O)O)CC2C)n1. The minimum Gasteiger partial charge on any atom is -0.488 e.